The number of aromatic amines is 1. The third-order valence-corrected chi connectivity index (χ3v) is 6.38. The lowest BCUT2D eigenvalue weighted by Crippen LogP contribution is -2.33. The van der Waals surface area contributed by atoms with Crippen LogP contribution in [-0.2, 0) is 33.4 Å². The highest BCUT2D eigenvalue weighted by Gasteiger charge is 2.26. The van der Waals surface area contributed by atoms with Crippen molar-refractivity contribution in [1.29, 1.82) is 0 Å². The molecule has 11 nitrogen and oxygen atoms in total. The maximum atomic E-state index is 13.5. The van der Waals surface area contributed by atoms with Gasteiger partial charge in [-0.05, 0) is 82.5 Å². The van der Waals surface area contributed by atoms with Crippen LogP contribution in [0.5, 0.6) is 0 Å². The van der Waals surface area contributed by atoms with E-state index in [0.717, 1.165) is 23.0 Å². The molecule has 244 valence electrons. The van der Waals surface area contributed by atoms with Gasteiger partial charge in [-0.25, -0.2) is 18.4 Å². The average Bonchev–Trinajstić information content (AvgIpc) is 2.87. The summed E-state index contributed by atoms with van der Waals surface area (Å²) in [6.45, 7) is 11.4. The van der Waals surface area contributed by atoms with Crippen LogP contribution in [0.3, 0.4) is 0 Å². The van der Waals surface area contributed by atoms with E-state index in [1.807, 2.05) is 27.7 Å². The second kappa shape index (κ2) is 19.8. The SMILES string of the molecule is CCOC(=O)C(CC(C)C)OS(C)(=O)=O.CCOC(=O)C(CC(C)C)n1cc(Br)cc(F)c1=O.O=c1[nH]cc(Br)cc1F. The minimum Gasteiger partial charge on any atom is -0.464 e. The Morgan fingerprint density at radius 3 is 1.86 bits per heavy atom. The fourth-order valence-electron chi connectivity index (χ4n) is 3.26. The van der Waals surface area contributed by atoms with Crippen LogP contribution in [0.15, 0.2) is 43.1 Å². The Bertz CT molecular complexity index is 1410. The predicted octanol–water partition coefficient (Wildman–Crippen LogP) is 5.12. The topological polar surface area (TPSA) is 151 Å². The number of nitrogens with zero attached hydrogens (tertiary/aromatic N) is 1. The maximum absolute atomic E-state index is 13.5. The molecule has 0 saturated heterocycles. The standard InChI is InChI=1S/C13H17BrFNO3.C9H18O5S.C5H3BrFNO/c1-4-19-13(18)11(5-8(2)3)16-7-9(14)6-10(15)12(16)17;1-5-13-9(10)8(6-7(2)3)14-15(4,11)12;6-3-1-4(7)5(9)8-2-3/h6-8,11H,4-5H2,1-3H3;7-8H,5-6H2,1-4H3;1-2H,(H,8,9). The molecule has 0 aliphatic heterocycles. The fraction of sp³-hybridized carbons (Fsp3) is 0.556. The summed E-state index contributed by atoms with van der Waals surface area (Å²) in [5.41, 5.74) is -1.51. The molecule has 0 aliphatic carbocycles. The monoisotopic (exact) mass is 762 g/mol. The van der Waals surface area contributed by atoms with Gasteiger partial charge in [0, 0.05) is 21.3 Å². The molecule has 43 heavy (non-hydrogen) atoms. The van der Waals surface area contributed by atoms with E-state index in [2.05, 4.69) is 41.0 Å². The molecule has 0 saturated carbocycles. The van der Waals surface area contributed by atoms with Gasteiger partial charge in [0.15, 0.2) is 17.7 Å². The minimum absolute atomic E-state index is 0.154. The zero-order valence-electron chi connectivity index (χ0n) is 25.0. The lowest BCUT2D eigenvalue weighted by molar-refractivity contribution is -0.152. The molecule has 1 N–H and O–H groups in total. The van der Waals surface area contributed by atoms with Crippen LogP contribution in [0, 0.1) is 23.5 Å². The number of H-pyrrole nitrogens is 1. The summed E-state index contributed by atoms with van der Waals surface area (Å²) in [6.07, 6.45) is 3.42. The van der Waals surface area contributed by atoms with Crippen molar-refractivity contribution in [3.63, 3.8) is 0 Å². The van der Waals surface area contributed by atoms with E-state index >= 15 is 0 Å². The fourth-order valence-corrected chi connectivity index (χ4v) is 4.57. The summed E-state index contributed by atoms with van der Waals surface area (Å²) in [4.78, 5) is 47.6. The second-order valence-corrected chi connectivity index (χ2v) is 13.2. The molecule has 2 unspecified atom stereocenters. The van der Waals surface area contributed by atoms with Gasteiger partial charge in [0.2, 0.25) is 0 Å². The van der Waals surface area contributed by atoms with Crippen LogP contribution in [0.4, 0.5) is 8.78 Å². The Kier molecular flexibility index (Phi) is 18.7. The smallest absolute Gasteiger partial charge is 0.336 e. The lowest BCUT2D eigenvalue weighted by Gasteiger charge is -2.20. The first-order valence-electron chi connectivity index (χ1n) is 13.1. The molecule has 16 heteroatoms. The number of hydrogen-bond acceptors (Lipinski definition) is 9. The van der Waals surface area contributed by atoms with E-state index in [1.165, 1.54) is 12.4 Å². The molecule has 0 aromatic carbocycles. The number of pyridine rings is 2. The number of carbonyl (C=O) groups excluding carboxylic acids is 2. The van der Waals surface area contributed by atoms with Crippen molar-refractivity contribution < 1.29 is 40.4 Å². The molecule has 0 spiro atoms. The zero-order valence-corrected chi connectivity index (χ0v) is 29.0. The van der Waals surface area contributed by atoms with Gasteiger partial charge in [0.25, 0.3) is 21.2 Å². The number of ether oxygens (including phenoxy) is 2. The van der Waals surface area contributed by atoms with Gasteiger partial charge in [-0.15, -0.1) is 0 Å². The van der Waals surface area contributed by atoms with Crippen LogP contribution in [-0.4, -0.2) is 55.5 Å². The zero-order chi connectivity index (χ0) is 33.5. The number of hydrogen-bond donors (Lipinski definition) is 1. The van der Waals surface area contributed by atoms with E-state index in [9.17, 15) is 36.4 Å². The van der Waals surface area contributed by atoms with Crippen molar-refractivity contribution in [2.75, 3.05) is 19.5 Å². The Morgan fingerprint density at radius 2 is 1.42 bits per heavy atom. The highest BCUT2D eigenvalue weighted by molar-refractivity contribution is 9.10. The molecule has 2 rings (SSSR count). The van der Waals surface area contributed by atoms with Crippen molar-refractivity contribution in [2.24, 2.45) is 11.8 Å². The summed E-state index contributed by atoms with van der Waals surface area (Å²) in [5.74, 6) is -2.49. The molecule has 2 aromatic heterocycles. The highest BCUT2D eigenvalue weighted by Crippen LogP contribution is 2.20. The van der Waals surface area contributed by atoms with Crippen molar-refractivity contribution in [3.8, 4) is 0 Å². The Morgan fingerprint density at radius 1 is 0.907 bits per heavy atom. The van der Waals surface area contributed by atoms with Crippen LogP contribution in [0.2, 0.25) is 0 Å². The van der Waals surface area contributed by atoms with Crippen LogP contribution >= 0.6 is 31.9 Å². The molecular weight excluding hydrogens is 726 g/mol. The average molecular weight is 764 g/mol. The van der Waals surface area contributed by atoms with Crippen LogP contribution in [0.1, 0.15) is 60.4 Å². The quantitative estimate of drug-likeness (QED) is 0.243. The number of aromatic nitrogens is 2. The van der Waals surface area contributed by atoms with E-state index in [0.29, 0.717) is 21.8 Å². The van der Waals surface area contributed by atoms with Crippen LogP contribution < -0.4 is 11.1 Å². The summed E-state index contributed by atoms with van der Waals surface area (Å²) < 4.78 is 63.8. The third kappa shape index (κ3) is 16.9. The van der Waals surface area contributed by atoms with Gasteiger partial charge in [0.1, 0.15) is 6.04 Å². The third-order valence-electron chi connectivity index (χ3n) is 4.90. The molecule has 0 amide bonds. The molecule has 0 bridgehead atoms. The number of halogens is 4. The first-order valence-corrected chi connectivity index (χ1v) is 16.5. The van der Waals surface area contributed by atoms with Crippen molar-refractivity contribution in [1.82, 2.24) is 9.55 Å². The summed E-state index contributed by atoms with van der Waals surface area (Å²) in [6, 6.07) is 1.38. The van der Waals surface area contributed by atoms with E-state index in [1.54, 1.807) is 13.8 Å². The number of esters is 2. The van der Waals surface area contributed by atoms with E-state index in [-0.39, 0.29) is 25.0 Å². The van der Waals surface area contributed by atoms with Gasteiger partial charge in [-0.1, -0.05) is 27.7 Å². The summed E-state index contributed by atoms with van der Waals surface area (Å²) >= 11 is 6.10. The predicted molar refractivity (Wildman–Crippen MR) is 164 cm³/mol. The molecular formula is C27H38Br2F2N2O9S. The Balaban J connectivity index is 0.000000654. The van der Waals surface area contributed by atoms with Gasteiger partial charge < -0.3 is 14.5 Å². The maximum Gasteiger partial charge on any atom is 0.336 e. The van der Waals surface area contributed by atoms with E-state index < -0.39 is 57.0 Å². The number of nitrogens with one attached hydrogen (secondary N) is 1. The number of carbonyl (C=O) groups is 2. The van der Waals surface area contributed by atoms with Gasteiger partial charge in [-0.3, -0.25) is 18.3 Å². The van der Waals surface area contributed by atoms with Crippen LogP contribution in [0.25, 0.3) is 0 Å². The van der Waals surface area contributed by atoms with Crippen molar-refractivity contribution in [3.05, 3.63) is 65.8 Å². The lowest BCUT2D eigenvalue weighted by atomic mass is 10.0. The Hall–Kier alpha value is -2.43. The summed E-state index contributed by atoms with van der Waals surface area (Å²) in [5, 5.41) is 0. The van der Waals surface area contributed by atoms with Crippen molar-refractivity contribution in [2.45, 2.75) is 66.5 Å². The molecule has 2 aromatic rings. The minimum atomic E-state index is -3.63. The molecule has 0 aliphatic rings. The molecule has 0 radical (unpaired) electrons. The normalized spacial score (nSPS) is 12.4. The molecule has 2 atom stereocenters. The van der Waals surface area contributed by atoms with Crippen molar-refractivity contribution >= 4 is 53.9 Å². The number of rotatable bonds is 11. The molecule has 0 fully saturated rings. The van der Waals surface area contributed by atoms with Gasteiger partial charge in [-0.2, -0.15) is 8.42 Å². The van der Waals surface area contributed by atoms with Gasteiger partial charge >= 0.3 is 11.9 Å². The summed E-state index contributed by atoms with van der Waals surface area (Å²) in [7, 11) is -3.63. The van der Waals surface area contributed by atoms with Gasteiger partial charge in [0.05, 0.1) is 19.5 Å². The Labute approximate surface area is 266 Å². The first kappa shape index (κ1) is 40.6. The van der Waals surface area contributed by atoms with E-state index in [4.69, 9.17) is 9.47 Å². The first-order chi connectivity index (χ1) is 19.8. The highest BCUT2D eigenvalue weighted by atomic mass is 79.9. The second-order valence-electron chi connectivity index (χ2n) is 9.78. The largest absolute Gasteiger partial charge is 0.464 e. The molecule has 2 heterocycles.